The van der Waals surface area contributed by atoms with E-state index >= 15 is 0 Å². The van der Waals surface area contributed by atoms with Crippen LogP contribution < -0.4 is 0 Å². The molecule has 0 aromatic carbocycles. The molecule has 0 saturated carbocycles. The highest BCUT2D eigenvalue weighted by atomic mass is 16.2. The van der Waals surface area contributed by atoms with Gasteiger partial charge in [-0.2, -0.15) is 0 Å². The molecule has 1 aliphatic rings. The maximum atomic E-state index is 12.6. The van der Waals surface area contributed by atoms with Gasteiger partial charge in [-0.15, -0.1) is 0 Å². The third kappa shape index (κ3) is 2.60. The third-order valence-electron chi connectivity index (χ3n) is 4.27. The van der Waals surface area contributed by atoms with Crippen LogP contribution in [-0.2, 0) is 14.1 Å². The largest absolute Gasteiger partial charge is 0.347 e. The zero-order chi connectivity index (χ0) is 15.0. The number of rotatable bonds is 2. The predicted molar refractivity (Wildman–Crippen MR) is 81.2 cm³/mol. The normalized spacial score (nSPS) is 19.0. The van der Waals surface area contributed by atoms with Gasteiger partial charge in [-0.3, -0.25) is 4.79 Å². The Morgan fingerprint density at radius 3 is 2.76 bits per heavy atom. The minimum Gasteiger partial charge on any atom is -0.347 e. The molecule has 5 nitrogen and oxygen atoms in total. The lowest BCUT2D eigenvalue weighted by Gasteiger charge is -2.32. The summed E-state index contributed by atoms with van der Waals surface area (Å²) >= 11 is 0. The van der Waals surface area contributed by atoms with Gasteiger partial charge in [0.15, 0.2) is 0 Å². The van der Waals surface area contributed by atoms with Gasteiger partial charge in [0.2, 0.25) is 0 Å². The number of amides is 1. The highest BCUT2D eigenvalue weighted by Crippen LogP contribution is 2.27. The number of aryl methyl sites for hydroxylation is 3. The molecule has 0 radical (unpaired) electrons. The van der Waals surface area contributed by atoms with Crippen LogP contribution in [0.4, 0.5) is 0 Å². The molecule has 1 fully saturated rings. The predicted octanol–water partition coefficient (Wildman–Crippen LogP) is 2.09. The van der Waals surface area contributed by atoms with E-state index in [0.717, 1.165) is 43.1 Å². The fourth-order valence-corrected chi connectivity index (χ4v) is 3.23. The minimum absolute atomic E-state index is 0.123. The Hall–Kier alpha value is -2.04. The number of carbonyl (C=O) groups excluding carboxylic acids is 1. The molecule has 1 saturated heterocycles. The van der Waals surface area contributed by atoms with Crippen LogP contribution in [0, 0.1) is 6.92 Å². The van der Waals surface area contributed by atoms with E-state index in [-0.39, 0.29) is 5.91 Å². The van der Waals surface area contributed by atoms with Gasteiger partial charge < -0.3 is 14.0 Å². The average molecular weight is 286 g/mol. The SMILES string of the molecule is Cc1cn(C)c([C@H]2CCCN(C(=O)c3cccn3C)C2)n1. The Morgan fingerprint density at radius 1 is 1.33 bits per heavy atom. The van der Waals surface area contributed by atoms with Gasteiger partial charge >= 0.3 is 0 Å². The van der Waals surface area contributed by atoms with Crippen LogP contribution in [0.2, 0.25) is 0 Å². The minimum atomic E-state index is 0.123. The molecular formula is C16H22N4O. The molecule has 112 valence electrons. The van der Waals surface area contributed by atoms with E-state index in [1.54, 1.807) is 0 Å². The third-order valence-corrected chi connectivity index (χ3v) is 4.27. The van der Waals surface area contributed by atoms with E-state index < -0.39 is 0 Å². The standard InChI is InChI=1S/C16H22N4O/c1-12-10-19(3)15(17-12)13-6-4-9-20(11-13)16(21)14-7-5-8-18(14)2/h5,7-8,10,13H,4,6,9,11H2,1-3H3/t13-/m0/s1. The molecule has 1 amide bonds. The van der Waals surface area contributed by atoms with Crippen molar-refractivity contribution < 1.29 is 4.79 Å². The molecule has 2 aromatic rings. The number of hydrogen-bond donors (Lipinski definition) is 0. The Bertz CT molecular complexity index is 655. The van der Waals surface area contributed by atoms with Gasteiger partial charge in [-0.25, -0.2) is 4.98 Å². The van der Waals surface area contributed by atoms with Crippen molar-refractivity contribution in [3.63, 3.8) is 0 Å². The van der Waals surface area contributed by atoms with Crippen molar-refractivity contribution in [1.29, 1.82) is 0 Å². The number of aromatic nitrogens is 3. The molecule has 3 rings (SSSR count). The molecule has 2 aromatic heterocycles. The Morgan fingerprint density at radius 2 is 2.14 bits per heavy atom. The lowest BCUT2D eigenvalue weighted by Crippen LogP contribution is -2.40. The molecule has 3 heterocycles. The van der Waals surface area contributed by atoms with Crippen molar-refractivity contribution in [1.82, 2.24) is 19.0 Å². The van der Waals surface area contributed by atoms with Gasteiger partial charge in [0.05, 0.1) is 5.69 Å². The molecule has 0 bridgehead atoms. The molecular weight excluding hydrogens is 264 g/mol. The van der Waals surface area contributed by atoms with Gasteiger partial charge in [0, 0.05) is 45.5 Å². The lowest BCUT2D eigenvalue weighted by molar-refractivity contribution is 0.0694. The highest BCUT2D eigenvalue weighted by molar-refractivity contribution is 5.92. The second-order valence-corrected chi connectivity index (χ2v) is 5.95. The molecule has 0 spiro atoms. The molecule has 1 atom stereocenters. The van der Waals surface area contributed by atoms with Gasteiger partial charge in [0.25, 0.3) is 5.91 Å². The fraction of sp³-hybridized carbons (Fsp3) is 0.500. The first kappa shape index (κ1) is 13.9. The number of hydrogen-bond acceptors (Lipinski definition) is 2. The summed E-state index contributed by atoms with van der Waals surface area (Å²) in [5, 5.41) is 0. The number of piperidine rings is 1. The lowest BCUT2D eigenvalue weighted by atomic mass is 9.97. The second-order valence-electron chi connectivity index (χ2n) is 5.95. The van der Waals surface area contributed by atoms with E-state index in [0.29, 0.717) is 5.92 Å². The first-order valence-corrected chi connectivity index (χ1v) is 7.46. The van der Waals surface area contributed by atoms with E-state index in [4.69, 9.17) is 0 Å². The monoisotopic (exact) mass is 286 g/mol. The molecule has 21 heavy (non-hydrogen) atoms. The van der Waals surface area contributed by atoms with Crippen LogP contribution in [-0.4, -0.2) is 38.0 Å². The van der Waals surface area contributed by atoms with Crippen LogP contribution >= 0.6 is 0 Å². The number of carbonyl (C=O) groups is 1. The van der Waals surface area contributed by atoms with E-state index in [2.05, 4.69) is 9.55 Å². The summed E-state index contributed by atoms with van der Waals surface area (Å²) in [6.45, 7) is 3.61. The van der Waals surface area contributed by atoms with E-state index in [1.165, 1.54) is 0 Å². The Balaban J connectivity index is 1.79. The summed E-state index contributed by atoms with van der Waals surface area (Å²) in [5.41, 5.74) is 1.80. The number of nitrogens with zero attached hydrogens (tertiary/aromatic N) is 4. The molecule has 0 N–H and O–H groups in total. The number of imidazole rings is 1. The van der Waals surface area contributed by atoms with Crippen LogP contribution in [0.5, 0.6) is 0 Å². The zero-order valence-corrected chi connectivity index (χ0v) is 12.9. The van der Waals surface area contributed by atoms with Crippen LogP contribution in [0.25, 0.3) is 0 Å². The van der Waals surface area contributed by atoms with E-state index in [9.17, 15) is 4.79 Å². The van der Waals surface area contributed by atoms with Crippen molar-refractivity contribution in [3.8, 4) is 0 Å². The average Bonchev–Trinajstić information content (AvgIpc) is 3.03. The van der Waals surface area contributed by atoms with E-state index in [1.807, 2.05) is 55.0 Å². The molecule has 5 heteroatoms. The Labute approximate surface area is 125 Å². The maximum Gasteiger partial charge on any atom is 0.270 e. The van der Waals surface area contributed by atoms with Crippen LogP contribution in [0.15, 0.2) is 24.5 Å². The maximum absolute atomic E-state index is 12.6. The summed E-state index contributed by atoms with van der Waals surface area (Å²) in [4.78, 5) is 19.2. The van der Waals surface area contributed by atoms with Crippen LogP contribution in [0.1, 0.15) is 40.8 Å². The smallest absolute Gasteiger partial charge is 0.270 e. The zero-order valence-electron chi connectivity index (χ0n) is 12.9. The quantitative estimate of drug-likeness (QED) is 0.848. The van der Waals surface area contributed by atoms with Crippen molar-refractivity contribution in [3.05, 3.63) is 41.7 Å². The van der Waals surface area contributed by atoms with Gasteiger partial charge in [-0.1, -0.05) is 0 Å². The van der Waals surface area contributed by atoms with Crippen molar-refractivity contribution in [2.45, 2.75) is 25.7 Å². The first-order chi connectivity index (χ1) is 10.1. The molecule has 0 unspecified atom stereocenters. The Kier molecular flexibility index (Phi) is 3.57. The summed E-state index contributed by atoms with van der Waals surface area (Å²) in [6, 6.07) is 3.80. The summed E-state index contributed by atoms with van der Waals surface area (Å²) in [7, 11) is 3.95. The van der Waals surface area contributed by atoms with Crippen molar-refractivity contribution in [2.24, 2.45) is 14.1 Å². The summed E-state index contributed by atoms with van der Waals surface area (Å²) < 4.78 is 3.98. The summed E-state index contributed by atoms with van der Waals surface area (Å²) in [5.74, 6) is 1.55. The van der Waals surface area contributed by atoms with Gasteiger partial charge in [0.1, 0.15) is 11.5 Å². The van der Waals surface area contributed by atoms with Crippen molar-refractivity contribution >= 4 is 5.91 Å². The topological polar surface area (TPSA) is 43.1 Å². The highest BCUT2D eigenvalue weighted by Gasteiger charge is 2.28. The van der Waals surface area contributed by atoms with Crippen LogP contribution in [0.3, 0.4) is 0 Å². The van der Waals surface area contributed by atoms with Crippen molar-refractivity contribution in [2.75, 3.05) is 13.1 Å². The molecule has 1 aliphatic heterocycles. The number of likely N-dealkylation sites (tertiary alicyclic amines) is 1. The fourth-order valence-electron chi connectivity index (χ4n) is 3.23. The first-order valence-electron chi connectivity index (χ1n) is 7.46. The second kappa shape index (κ2) is 5.39. The summed E-state index contributed by atoms with van der Waals surface area (Å²) in [6.07, 6.45) is 6.10. The van der Waals surface area contributed by atoms with Gasteiger partial charge in [-0.05, 0) is 31.9 Å². The molecule has 0 aliphatic carbocycles.